The maximum absolute atomic E-state index is 12.8. The van der Waals surface area contributed by atoms with Crippen molar-refractivity contribution in [2.24, 2.45) is 0 Å². The molecule has 0 aliphatic heterocycles. The molecule has 2 amide bonds. The van der Waals surface area contributed by atoms with E-state index < -0.39 is 11.8 Å². The van der Waals surface area contributed by atoms with Crippen molar-refractivity contribution in [3.8, 4) is 0 Å². The highest BCUT2D eigenvalue weighted by Gasteiger charge is 2.17. The average Bonchev–Trinajstić information content (AvgIpc) is 3.14. The van der Waals surface area contributed by atoms with E-state index in [9.17, 15) is 9.59 Å². The second-order valence-electron chi connectivity index (χ2n) is 5.98. The summed E-state index contributed by atoms with van der Waals surface area (Å²) in [6.45, 7) is 1.92. The quantitative estimate of drug-likeness (QED) is 0.556. The number of anilines is 1. The van der Waals surface area contributed by atoms with E-state index in [0.29, 0.717) is 16.5 Å². The number of carbonyl (C=O) groups excluding carboxylic acids is 2. The van der Waals surface area contributed by atoms with E-state index in [1.54, 1.807) is 24.3 Å². The summed E-state index contributed by atoms with van der Waals surface area (Å²) < 4.78 is 5.26. The molecule has 3 rings (SSSR count). The highest BCUT2D eigenvalue weighted by atomic mass is 35.5. The fourth-order valence-electron chi connectivity index (χ4n) is 2.46. The van der Waals surface area contributed by atoms with Gasteiger partial charge in [0.1, 0.15) is 11.5 Å². The van der Waals surface area contributed by atoms with Gasteiger partial charge in [-0.05, 0) is 55.0 Å². The van der Waals surface area contributed by atoms with Crippen LogP contribution >= 0.6 is 23.2 Å². The number of carbonyl (C=O) groups is 2. The van der Waals surface area contributed by atoms with Gasteiger partial charge in [-0.3, -0.25) is 9.59 Å². The molecule has 0 bridgehead atoms. The van der Waals surface area contributed by atoms with Crippen LogP contribution in [0.5, 0.6) is 0 Å². The third-order valence-corrected chi connectivity index (χ3v) is 4.32. The Bertz CT molecular complexity index is 1040. The van der Waals surface area contributed by atoms with E-state index >= 15 is 0 Å². The largest absolute Gasteiger partial charge is 0.465 e. The van der Waals surface area contributed by atoms with Crippen LogP contribution in [0.1, 0.15) is 21.7 Å². The number of halogens is 2. The molecule has 0 spiro atoms. The number of furan rings is 1. The number of nitrogens with one attached hydrogen (secondary N) is 2. The lowest BCUT2D eigenvalue weighted by molar-refractivity contribution is -0.113. The predicted molar refractivity (Wildman–Crippen MR) is 110 cm³/mol. The van der Waals surface area contributed by atoms with Gasteiger partial charge in [0.25, 0.3) is 11.8 Å². The first-order chi connectivity index (χ1) is 13.4. The van der Waals surface area contributed by atoms with E-state index in [4.69, 9.17) is 27.6 Å². The molecule has 28 heavy (non-hydrogen) atoms. The molecule has 0 unspecified atom stereocenters. The van der Waals surface area contributed by atoms with Crippen molar-refractivity contribution in [1.29, 1.82) is 0 Å². The second-order valence-corrected chi connectivity index (χ2v) is 6.82. The number of benzene rings is 2. The van der Waals surface area contributed by atoms with Crippen LogP contribution in [-0.4, -0.2) is 11.8 Å². The van der Waals surface area contributed by atoms with Crippen LogP contribution in [0.3, 0.4) is 0 Å². The maximum Gasteiger partial charge on any atom is 0.272 e. The summed E-state index contributed by atoms with van der Waals surface area (Å²) >= 11 is 12.0. The molecule has 142 valence electrons. The van der Waals surface area contributed by atoms with Crippen molar-refractivity contribution in [2.45, 2.75) is 6.92 Å². The molecule has 0 saturated carbocycles. The fraction of sp³-hybridized carbons (Fsp3) is 0.0476. The van der Waals surface area contributed by atoms with E-state index in [2.05, 4.69) is 10.6 Å². The van der Waals surface area contributed by atoms with Gasteiger partial charge in [-0.1, -0.05) is 35.3 Å². The normalized spacial score (nSPS) is 11.2. The molecule has 1 heterocycles. The molecule has 0 aliphatic rings. The number of amides is 2. The van der Waals surface area contributed by atoms with Gasteiger partial charge in [0.2, 0.25) is 0 Å². The second kappa shape index (κ2) is 8.78. The SMILES string of the molecule is Cc1cccc(NC(=O)/C(=C\c2ccco2)NC(=O)c2ccc(Cl)cc2Cl)c1. The first-order valence-corrected chi connectivity index (χ1v) is 9.07. The molecule has 2 N–H and O–H groups in total. The number of aryl methyl sites for hydroxylation is 1. The Balaban J connectivity index is 1.87. The molecular formula is C21H16Cl2N2O3. The zero-order valence-corrected chi connectivity index (χ0v) is 16.3. The third-order valence-electron chi connectivity index (χ3n) is 3.77. The van der Waals surface area contributed by atoms with Gasteiger partial charge in [-0.2, -0.15) is 0 Å². The average molecular weight is 415 g/mol. The predicted octanol–water partition coefficient (Wildman–Crippen LogP) is 5.30. The van der Waals surface area contributed by atoms with E-state index in [0.717, 1.165) is 5.56 Å². The van der Waals surface area contributed by atoms with Crippen molar-refractivity contribution in [3.63, 3.8) is 0 Å². The number of hydrogen-bond acceptors (Lipinski definition) is 3. The van der Waals surface area contributed by atoms with Crippen molar-refractivity contribution >= 4 is 46.8 Å². The monoisotopic (exact) mass is 414 g/mol. The zero-order valence-electron chi connectivity index (χ0n) is 14.8. The van der Waals surface area contributed by atoms with E-state index in [-0.39, 0.29) is 16.3 Å². The molecule has 0 atom stereocenters. The first kappa shape index (κ1) is 19.7. The summed E-state index contributed by atoms with van der Waals surface area (Å²) in [6.07, 6.45) is 2.91. The molecule has 0 saturated heterocycles. The lowest BCUT2D eigenvalue weighted by Crippen LogP contribution is -2.31. The van der Waals surface area contributed by atoms with Crippen molar-refractivity contribution in [2.75, 3.05) is 5.32 Å². The van der Waals surface area contributed by atoms with Gasteiger partial charge in [0, 0.05) is 16.8 Å². The van der Waals surface area contributed by atoms with Crippen molar-refractivity contribution < 1.29 is 14.0 Å². The Kier molecular flexibility index (Phi) is 6.19. The van der Waals surface area contributed by atoms with Crippen molar-refractivity contribution in [1.82, 2.24) is 5.32 Å². The summed E-state index contributed by atoms with van der Waals surface area (Å²) in [6, 6.07) is 15.2. The summed E-state index contributed by atoms with van der Waals surface area (Å²) in [5, 5.41) is 5.94. The highest BCUT2D eigenvalue weighted by Crippen LogP contribution is 2.21. The summed E-state index contributed by atoms with van der Waals surface area (Å²) in [4.78, 5) is 25.4. The molecule has 1 aromatic heterocycles. The van der Waals surface area contributed by atoms with E-state index in [1.807, 2.05) is 25.1 Å². The smallest absolute Gasteiger partial charge is 0.272 e. The molecule has 2 aromatic carbocycles. The fourth-order valence-corrected chi connectivity index (χ4v) is 2.95. The van der Waals surface area contributed by atoms with Crippen LogP contribution in [-0.2, 0) is 4.79 Å². The van der Waals surface area contributed by atoms with Crippen LogP contribution < -0.4 is 10.6 Å². The van der Waals surface area contributed by atoms with Crippen LogP contribution in [0, 0.1) is 6.92 Å². The van der Waals surface area contributed by atoms with Crippen LogP contribution in [0.2, 0.25) is 10.0 Å². The minimum absolute atomic E-state index is 0.00692. The Morgan fingerprint density at radius 2 is 1.86 bits per heavy atom. The molecule has 0 fully saturated rings. The Hall–Kier alpha value is -3.02. The molecule has 3 aromatic rings. The van der Waals surface area contributed by atoms with Crippen LogP contribution in [0.15, 0.2) is 71.0 Å². The molecule has 5 nitrogen and oxygen atoms in total. The lowest BCUT2D eigenvalue weighted by atomic mass is 10.2. The minimum atomic E-state index is -0.543. The third kappa shape index (κ3) is 5.03. The lowest BCUT2D eigenvalue weighted by Gasteiger charge is -2.12. The summed E-state index contributed by atoms with van der Waals surface area (Å²) in [7, 11) is 0. The zero-order chi connectivity index (χ0) is 20.1. The molecular weight excluding hydrogens is 399 g/mol. The number of hydrogen-bond donors (Lipinski definition) is 2. The van der Waals surface area contributed by atoms with Crippen LogP contribution in [0.4, 0.5) is 5.69 Å². The maximum atomic E-state index is 12.8. The van der Waals surface area contributed by atoms with Gasteiger partial charge in [0.15, 0.2) is 0 Å². The Morgan fingerprint density at radius 1 is 1.04 bits per heavy atom. The van der Waals surface area contributed by atoms with Gasteiger partial charge >= 0.3 is 0 Å². The van der Waals surface area contributed by atoms with Crippen LogP contribution in [0.25, 0.3) is 6.08 Å². The first-order valence-electron chi connectivity index (χ1n) is 8.32. The Labute approximate surface area is 172 Å². The molecule has 0 aliphatic carbocycles. The molecule has 7 heteroatoms. The topological polar surface area (TPSA) is 71.3 Å². The highest BCUT2D eigenvalue weighted by molar-refractivity contribution is 6.36. The summed E-state index contributed by atoms with van der Waals surface area (Å²) in [5.74, 6) is -0.629. The van der Waals surface area contributed by atoms with Gasteiger partial charge < -0.3 is 15.1 Å². The minimum Gasteiger partial charge on any atom is -0.465 e. The number of rotatable bonds is 5. The van der Waals surface area contributed by atoms with Gasteiger partial charge in [-0.25, -0.2) is 0 Å². The van der Waals surface area contributed by atoms with E-state index in [1.165, 1.54) is 24.5 Å². The Morgan fingerprint density at radius 3 is 2.54 bits per heavy atom. The summed E-state index contributed by atoms with van der Waals surface area (Å²) in [5.41, 5.74) is 1.80. The molecule has 0 radical (unpaired) electrons. The van der Waals surface area contributed by atoms with Gasteiger partial charge in [-0.15, -0.1) is 0 Å². The standard InChI is InChI=1S/C21H16Cl2N2O3/c1-13-4-2-5-15(10-13)24-21(27)19(12-16-6-3-9-28-16)25-20(26)17-8-7-14(22)11-18(17)23/h2-12H,1H3,(H,24,27)(H,25,26)/b19-12+. The van der Waals surface area contributed by atoms with Gasteiger partial charge in [0.05, 0.1) is 16.8 Å². The van der Waals surface area contributed by atoms with Crippen molar-refractivity contribution in [3.05, 3.63) is 93.5 Å².